The minimum absolute atomic E-state index is 0.234. The number of unbranched alkanes of at least 4 members (excludes halogenated alkanes) is 1. The lowest BCUT2D eigenvalue weighted by atomic mass is 10.1. The number of nitrogens with one attached hydrogen (secondary N) is 2. The molecule has 1 aliphatic rings. The normalized spacial score (nSPS) is 12.7. The minimum Gasteiger partial charge on any atom is -0.325 e. The molecule has 0 radical (unpaired) electrons. The summed E-state index contributed by atoms with van der Waals surface area (Å²) in [7, 11) is 0. The number of hydrogen-bond donors (Lipinski definition) is 2. The van der Waals surface area contributed by atoms with E-state index in [4.69, 9.17) is 11.6 Å². The van der Waals surface area contributed by atoms with Gasteiger partial charge in [-0.1, -0.05) is 24.9 Å². The molecule has 0 spiro atoms. The highest BCUT2D eigenvalue weighted by molar-refractivity contribution is 6.34. The number of imide groups is 1. The van der Waals surface area contributed by atoms with E-state index in [0.29, 0.717) is 23.5 Å². The van der Waals surface area contributed by atoms with Crippen LogP contribution in [-0.2, 0) is 4.79 Å². The van der Waals surface area contributed by atoms with Gasteiger partial charge in [-0.25, -0.2) is 0 Å². The van der Waals surface area contributed by atoms with Crippen LogP contribution < -0.4 is 10.6 Å². The Morgan fingerprint density at radius 1 is 1.00 bits per heavy atom. The Kier molecular flexibility index (Phi) is 5.98. The summed E-state index contributed by atoms with van der Waals surface area (Å²) in [5, 5.41) is 5.56. The zero-order valence-corrected chi connectivity index (χ0v) is 16.8. The molecule has 0 saturated heterocycles. The number of amides is 4. The van der Waals surface area contributed by atoms with Crippen molar-refractivity contribution in [2.75, 3.05) is 17.2 Å². The summed E-state index contributed by atoms with van der Waals surface area (Å²) in [6.07, 6.45) is 1.60. The predicted octanol–water partition coefficient (Wildman–Crippen LogP) is 3.95. The summed E-state index contributed by atoms with van der Waals surface area (Å²) in [6, 6.07) is 9.14. The molecule has 29 heavy (non-hydrogen) atoms. The molecule has 7 nitrogen and oxygen atoms in total. The number of benzene rings is 2. The van der Waals surface area contributed by atoms with Crippen LogP contribution in [0.4, 0.5) is 11.4 Å². The molecule has 0 unspecified atom stereocenters. The summed E-state index contributed by atoms with van der Waals surface area (Å²) < 4.78 is 0. The average Bonchev–Trinajstić information content (AvgIpc) is 2.92. The fraction of sp³-hybridized carbons (Fsp3) is 0.238. The Bertz CT molecular complexity index is 1020. The van der Waals surface area contributed by atoms with Gasteiger partial charge in [-0.15, -0.1) is 0 Å². The van der Waals surface area contributed by atoms with E-state index in [1.165, 1.54) is 36.1 Å². The summed E-state index contributed by atoms with van der Waals surface area (Å²) in [4.78, 5) is 49.9. The van der Waals surface area contributed by atoms with Crippen LogP contribution in [-0.4, -0.2) is 35.1 Å². The summed E-state index contributed by atoms with van der Waals surface area (Å²) in [6.45, 7) is 3.72. The number of anilines is 2. The summed E-state index contributed by atoms with van der Waals surface area (Å²) >= 11 is 6.12. The zero-order chi connectivity index (χ0) is 21.1. The summed E-state index contributed by atoms with van der Waals surface area (Å²) in [5.41, 5.74) is 1.67. The van der Waals surface area contributed by atoms with Gasteiger partial charge in [0.1, 0.15) is 0 Å². The highest BCUT2D eigenvalue weighted by atomic mass is 35.5. The quantitative estimate of drug-likeness (QED) is 0.701. The smallest absolute Gasteiger partial charge is 0.261 e. The molecule has 3 rings (SSSR count). The van der Waals surface area contributed by atoms with Crippen molar-refractivity contribution in [1.82, 2.24) is 4.90 Å². The molecular formula is C21H20ClN3O4. The highest BCUT2D eigenvalue weighted by Gasteiger charge is 2.35. The van der Waals surface area contributed by atoms with E-state index in [0.717, 1.165) is 12.8 Å². The highest BCUT2D eigenvalue weighted by Crippen LogP contribution is 2.27. The molecule has 0 aliphatic carbocycles. The molecule has 8 heteroatoms. The Labute approximate surface area is 173 Å². The van der Waals surface area contributed by atoms with E-state index in [1.807, 2.05) is 6.92 Å². The maximum absolute atomic E-state index is 12.6. The number of nitrogens with zero attached hydrogens (tertiary/aromatic N) is 1. The van der Waals surface area contributed by atoms with Crippen LogP contribution in [0.5, 0.6) is 0 Å². The van der Waals surface area contributed by atoms with Crippen molar-refractivity contribution in [3.63, 3.8) is 0 Å². The van der Waals surface area contributed by atoms with Crippen LogP contribution in [0.15, 0.2) is 36.4 Å². The van der Waals surface area contributed by atoms with E-state index in [9.17, 15) is 19.2 Å². The number of carbonyl (C=O) groups excluding carboxylic acids is 4. The van der Waals surface area contributed by atoms with Gasteiger partial charge in [-0.2, -0.15) is 0 Å². The van der Waals surface area contributed by atoms with Crippen LogP contribution >= 0.6 is 11.6 Å². The Hall–Kier alpha value is -3.19. The standard InChI is InChI=1S/C21H20ClN3O4/c1-3-4-9-25-20(28)15-7-5-13(10-16(15)21(25)29)19(27)24-14-6-8-18(17(22)11-14)23-12(2)26/h5-8,10-11H,3-4,9H2,1-2H3,(H,23,26)(H,24,27). The zero-order valence-electron chi connectivity index (χ0n) is 16.0. The van der Waals surface area contributed by atoms with Crippen LogP contribution in [0.2, 0.25) is 5.02 Å². The van der Waals surface area contributed by atoms with Gasteiger partial charge in [-0.3, -0.25) is 24.1 Å². The third kappa shape index (κ3) is 4.30. The fourth-order valence-corrected chi connectivity index (χ4v) is 3.27. The Morgan fingerprint density at radius 3 is 2.38 bits per heavy atom. The van der Waals surface area contributed by atoms with Crippen molar-refractivity contribution < 1.29 is 19.2 Å². The number of hydrogen-bond acceptors (Lipinski definition) is 4. The second-order valence-corrected chi connectivity index (χ2v) is 7.11. The van der Waals surface area contributed by atoms with Crippen LogP contribution in [0.25, 0.3) is 0 Å². The van der Waals surface area contributed by atoms with E-state index in [1.54, 1.807) is 12.1 Å². The van der Waals surface area contributed by atoms with Gasteiger partial charge in [0, 0.05) is 24.7 Å². The molecule has 2 aromatic carbocycles. The minimum atomic E-state index is -0.441. The van der Waals surface area contributed by atoms with Crippen molar-refractivity contribution in [2.45, 2.75) is 26.7 Å². The lowest BCUT2D eigenvalue weighted by molar-refractivity contribution is -0.114. The monoisotopic (exact) mass is 413 g/mol. The molecule has 0 atom stereocenters. The van der Waals surface area contributed by atoms with E-state index >= 15 is 0 Å². The third-order valence-corrected chi connectivity index (χ3v) is 4.82. The van der Waals surface area contributed by atoms with Gasteiger partial charge in [0.25, 0.3) is 17.7 Å². The van der Waals surface area contributed by atoms with Crippen molar-refractivity contribution >= 4 is 46.6 Å². The second-order valence-electron chi connectivity index (χ2n) is 6.71. The first kappa shape index (κ1) is 20.5. The number of halogens is 1. The van der Waals surface area contributed by atoms with E-state index in [-0.39, 0.29) is 33.9 Å². The first-order valence-electron chi connectivity index (χ1n) is 9.20. The number of carbonyl (C=O) groups is 4. The van der Waals surface area contributed by atoms with Gasteiger partial charge in [-0.05, 0) is 42.8 Å². The molecule has 0 saturated carbocycles. The van der Waals surface area contributed by atoms with Crippen molar-refractivity contribution in [1.29, 1.82) is 0 Å². The molecule has 4 amide bonds. The van der Waals surface area contributed by atoms with E-state index in [2.05, 4.69) is 10.6 Å². The Balaban J connectivity index is 1.78. The second kappa shape index (κ2) is 8.45. The Morgan fingerprint density at radius 2 is 1.72 bits per heavy atom. The first-order valence-corrected chi connectivity index (χ1v) is 9.58. The molecule has 0 fully saturated rings. The average molecular weight is 414 g/mol. The predicted molar refractivity (Wildman–Crippen MR) is 110 cm³/mol. The summed E-state index contributed by atoms with van der Waals surface area (Å²) in [5.74, 6) is -1.40. The van der Waals surface area contributed by atoms with Crippen LogP contribution in [0.3, 0.4) is 0 Å². The van der Waals surface area contributed by atoms with Crippen molar-refractivity contribution in [2.24, 2.45) is 0 Å². The maximum atomic E-state index is 12.6. The topological polar surface area (TPSA) is 95.6 Å². The SMILES string of the molecule is CCCCN1C(=O)c2ccc(C(=O)Nc3ccc(NC(C)=O)c(Cl)c3)cc2C1=O. The largest absolute Gasteiger partial charge is 0.325 e. The van der Waals surface area contributed by atoms with E-state index < -0.39 is 5.91 Å². The van der Waals surface area contributed by atoms with Gasteiger partial charge >= 0.3 is 0 Å². The first-order chi connectivity index (χ1) is 13.8. The molecular weight excluding hydrogens is 394 g/mol. The molecule has 0 bridgehead atoms. The van der Waals surface area contributed by atoms with Gasteiger partial charge in [0.2, 0.25) is 5.91 Å². The van der Waals surface area contributed by atoms with Gasteiger partial charge < -0.3 is 10.6 Å². The molecule has 150 valence electrons. The molecule has 1 aliphatic heterocycles. The van der Waals surface area contributed by atoms with Crippen molar-refractivity contribution in [3.8, 4) is 0 Å². The number of rotatable bonds is 6. The molecule has 2 N–H and O–H groups in total. The molecule has 2 aromatic rings. The molecule has 0 aromatic heterocycles. The maximum Gasteiger partial charge on any atom is 0.261 e. The van der Waals surface area contributed by atoms with Gasteiger partial charge in [0.15, 0.2) is 0 Å². The molecule has 1 heterocycles. The lowest BCUT2D eigenvalue weighted by Crippen LogP contribution is -2.30. The van der Waals surface area contributed by atoms with Gasteiger partial charge in [0.05, 0.1) is 21.8 Å². The fourth-order valence-electron chi connectivity index (χ4n) is 3.04. The number of fused-ring (bicyclic) bond motifs is 1. The van der Waals surface area contributed by atoms with Crippen molar-refractivity contribution in [3.05, 3.63) is 58.1 Å². The lowest BCUT2D eigenvalue weighted by Gasteiger charge is -2.12. The van der Waals surface area contributed by atoms with Crippen LogP contribution in [0, 0.1) is 0 Å². The third-order valence-electron chi connectivity index (χ3n) is 4.51. The van der Waals surface area contributed by atoms with Crippen LogP contribution in [0.1, 0.15) is 57.8 Å².